The van der Waals surface area contributed by atoms with Crippen LogP contribution >= 0.6 is 0 Å². The molecule has 5 rings (SSSR count). The monoisotopic (exact) mass is 492 g/mol. The first-order valence-electron chi connectivity index (χ1n) is 13.0. The Balaban J connectivity index is 1.22. The normalized spacial score (nSPS) is 12.8. The second kappa shape index (κ2) is 10.9. The molecule has 37 heavy (non-hydrogen) atoms. The summed E-state index contributed by atoms with van der Waals surface area (Å²) in [6.45, 7) is 5.37. The van der Waals surface area contributed by atoms with E-state index in [2.05, 4.69) is 12.2 Å². The molecule has 1 aliphatic heterocycles. The van der Waals surface area contributed by atoms with Gasteiger partial charge < -0.3 is 14.6 Å². The summed E-state index contributed by atoms with van der Waals surface area (Å²) in [7, 11) is 0. The number of nitrogens with one attached hydrogen (secondary N) is 1. The number of furan rings is 1. The van der Waals surface area contributed by atoms with Gasteiger partial charge in [-0.3, -0.25) is 9.59 Å². The van der Waals surface area contributed by atoms with Crippen LogP contribution in [-0.4, -0.2) is 23.3 Å². The van der Waals surface area contributed by atoms with Gasteiger partial charge in [-0.1, -0.05) is 43.2 Å². The van der Waals surface area contributed by atoms with Crippen LogP contribution in [0.15, 0.2) is 83.3 Å². The molecule has 0 radical (unpaired) electrons. The summed E-state index contributed by atoms with van der Waals surface area (Å²) in [6, 6.07) is 25.2. The Bertz CT molecular complexity index is 1380. The van der Waals surface area contributed by atoms with Gasteiger partial charge in [-0.2, -0.15) is 0 Å². The van der Waals surface area contributed by atoms with Gasteiger partial charge in [0.15, 0.2) is 0 Å². The lowest BCUT2D eigenvalue weighted by Crippen LogP contribution is -2.35. The lowest BCUT2D eigenvalue weighted by atomic mass is 10.1. The van der Waals surface area contributed by atoms with Crippen LogP contribution in [0.1, 0.15) is 62.9 Å². The predicted octanol–water partition coefficient (Wildman–Crippen LogP) is 7.05. The molecular formula is C32H32N2O3. The van der Waals surface area contributed by atoms with Gasteiger partial charge in [0.2, 0.25) is 0 Å². The molecule has 5 nitrogen and oxygen atoms in total. The average Bonchev–Trinajstić information content (AvgIpc) is 3.36. The van der Waals surface area contributed by atoms with Gasteiger partial charge in [0.1, 0.15) is 11.5 Å². The van der Waals surface area contributed by atoms with Gasteiger partial charge in [0.25, 0.3) is 11.8 Å². The van der Waals surface area contributed by atoms with E-state index in [1.54, 1.807) is 0 Å². The number of anilines is 1. The number of hydrogen-bond donors (Lipinski definition) is 1. The Morgan fingerprint density at radius 1 is 0.919 bits per heavy atom. The van der Waals surface area contributed by atoms with E-state index in [1.165, 1.54) is 5.56 Å². The third-order valence-electron chi connectivity index (χ3n) is 6.91. The molecule has 0 fully saturated rings. The van der Waals surface area contributed by atoms with Crippen molar-refractivity contribution < 1.29 is 14.0 Å². The summed E-state index contributed by atoms with van der Waals surface area (Å²) < 4.78 is 6.15. The Labute approximate surface area is 218 Å². The van der Waals surface area contributed by atoms with Crippen LogP contribution in [0.3, 0.4) is 0 Å². The van der Waals surface area contributed by atoms with E-state index in [-0.39, 0.29) is 11.8 Å². The summed E-state index contributed by atoms with van der Waals surface area (Å²) in [5.41, 5.74) is 6.46. The van der Waals surface area contributed by atoms with Crippen molar-refractivity contribution in [1.82, 2.24) is 4.90 Å². The number of carbonyl (C=O) groups is 2. The standard InChI is InChI=1S/C32H32N2O3/c1-3-4-5-23-8-12-25(13-9-23)31(35)33-28-16-14-24(15-17-28)30-20-27-21-34(19-18-29(27)37-30)32(36)26-10-6-22(2)7-11-26/h6-17,20H,3-5,18-19,21H2,1-2H3,(H,33,35). The van der Waals surface area contributed by atoms with Crippen molar-refractivity contribution in [2.24, 2.45) is 0 Å². The van der Waals surface area contributed by atoms with E-state index < -0.39 is 0 Å². The number of aryl methyl sites for hydroxylation is 2. The zero-order chi connectivity index (χ0) is 25.8. The first kappa shape index (κ1) is 24.6. The maximum absolute atomic E-state index is 12.9. The smallest absolute Gasteiger partial charge is 0.255 e. The first-order valence-corrected chi connectivity index (χ1v) is 13.0. The molecular weight excluding hydrogens is 460 g/mol. The van der Waals surface area contributed by atoms with E-state index in [0.29, 0.717) is 30.6 Å². The van der Waals surface area contributed by atoms with Crippen molar-refractivity contribution in [1.29, 1.82) is 0 Å². The lowest BCUT2D eigenvalue weighted by Gasteiger charge is -2.26. The third-order valence-corrected chi connectivity index (χ3v) is 6.91. The van der Waals surface area contributed by atoms with Gasteiger partial charge in [-0.05, 0) is 79.9 Å². The molecule has 2 amide bonds. The SMILES string of the molecule is CCCCc1ccc(C(=O)Nc2ccc(-c3cc4c(o3)CCN(C(=O)c3ccc(C)cc3)C4)cc2)cc1. The highest BCUT2D eigenvalue weighted by atomic mass is 16.3. The molecule has 0 saturated heterocycles. The molecule has 5 heteroatoms. The van der Waals surface area contributed by atoms with Crippen molar-refractivity contribution in [3.05, 3.63) is 112 Å². The van der Waals surface area contributed by atoms with Crippen LogP contribution in [0.25, 0.3) is 11.3 Å². The second-order valence-electron chi connectivity index (χ2n) is 9.73. The molecule has 4 aromatic rings. The summed E-state index contributed by atoms with van der Waals surface area (Å²) in [5.74, 6) is 1.63. The molecule has 0 spiro atoms. The minimum Gasteiger partial charge on any atom is -0.461 e. The van der Waals surface area contributed by atoms with Crippen LogP contribution in [0, 0.1) is 6.92 Å². The maximum Gasteiger partial charge on any atom is 0.255 e. The fraction of sp³-hybridized carbons (Fsp3) is 0.250. The van der Waals surface area contributed by atoms with Crippen LogP contribution in [0.5, 0.6) is 0 Å². The van der Waals surface area contributed by atoms with Crippen LogP contribution in [0.4, 0.5) is 5.69 Å². The van der Waals surface area contributed by atoms with E-state index in [9.17, 15) is 9.59 Å². The Kier molecular flexibility index (Phi) is 7.22. The molecule has 1 aromatic heterocycles. The van der Waals surface area contributed by atoms with E-state index >= 15 is 0 Å². The highest BCUT2D eigenvalue weighted by Gasteiger charge is 2.25. The fourth-order valence-electron chi connectivity index (χ4n) is 4.65. The van der Waals surface area contributed by atoms with Crippen molar-refractivity contribution in [2.75, 3.05) is 11.9 Å². The topological polar surface area (TPSA) is 62.6 Å². The first-order chi connectivity index (χ1) is 18.0. The van der Waals surface area contributed by atoms with Crippen LogP contribution in [-0.2, 0) is 19.4 Å². The molecule has 1 aliphatic rings. The van der Waals surface area contributed by atoms with Crippen molar-refractivity contribution in [3.8, 4) is 11.3 Å². The number of rotatable bonds is 7. The molecule has 0 atom stereocenters. The summed E-state index contributed by atoms with van der Waals surface area (Å²) >= 11 is 0. The summed E-state index contributed by atoms with van der Waals surface area (Å²) in [6.07, 6.45) is 4.04. The number of benzene rings is 3. The largest absolute Gasteiger partial charge is 0.461 e. The number of carbonyl (C=O) groups excluding carboxylic acids is 2. The van der Waals surface area contributed by atoms with Crippen molar-refractivity contribution in [3.63, 3.8) is 0 Å². The minimum atomic E-state index is -0.124. The zero-order valence-corrected chi connectivity index (χ0v) is 21.4. The molecule has 1 N–H and O–H groups in total. The van der Waals surface area contributed by atoms with Crippen LogP contribution < -0.4 is 5.32 Å². The quantitative estimate of drug-likeness (QED) is 0.301. The highest BCUT2D eigenvalue weighted by Crippen LogP contribution is 2.31. The van der Waals surface area contributed by atoms with Crippen molar-refractivity contribution >= 4 is 17.5 Å². The van der Waals surface area contributed by atoms with E-state index in [0.717, 1.165) is 53.2 Å². The molecule has 0 unspecified atom stereocenters. The van der Waals surface area contributed by atoms with Gasteiger partial charge in [0.05, 0.1) is 0 Å². The molecule has 2 heterocycles. The molecule has 0 saturated carbocycles. The van der Waals surface area contributed by atoms with Gasteiger partial charge in [-0.25, -0.2) is 0 Å². The molecule has 188 valence electrons. The number of hydrogen-bond acceptors (Lipinski definition) is 3. The molecule has 3 aromatic carbocycles. The number of fused-ring (bicyclic) bond motifs is 1. The zero-order valence-electron chi connectivity index (χ0n) is 21.4. The minimum absolute atomic E-state index is 0.0455. The van der Waals surface area contributed by atoms with Gasteiger partial charge >= 0.3 is 0 Å². The van der Waals surface area contributed by atoms with Gasteiger partial charge in [0, 0.05) is 47.5 Å². The number of nitrogens with zero attached hydrogens (tertiary/aromatic N) is 1. The summed E-state index contributed by atoms with van der Waals surface area (Å²) in [4.78, 5) is 27.5. The Morgan fingerprint density at radius 3 is 2.32 bits per heavy atom. The Hall–Kier alpha value is -4.12. The van der Waals surface area contributed by atoms with Crippen molar-refractivity contribution in [2.45, 2.75) is 46.1 Å². The predicted molar refractivity (Wildman–Crippen MR) is 147 cm³/mol. The van der Waals surface area contributed by atoms with E-state index in [4.69, 9.17) is 4.42 Å². The second-order valence-corrected chi connectivity index (χ2v) is 9.73. The number of amides is 2. The average molecular weight is 493 g/mol. The maximum atomic E-state index is 12.9. The van der Waals surface area contributed by atoms with E-state index in [1.807, 2.05) is 90.7 Å². The third kappa shape index (κ3) is 5.67. The number of unbranched alkanes of at least 4 members (excludes halogenated alkanes) is 1. The summed E-state index contributed by atoms with van der Waals surface area (Å²) in [5, 5.41) is 2.97. The fourth-order valence-corrected chi connectivity index (χ4v) is 4.65. The molecule has 0 bridgehead atoms. The Morgan fingerprint density at radius 2 is 1.62 bits per heavy atom. The molecule has 0 aliphatic carbocycles. The van der Waals surface area contributed by atoms with Gasteiger partial charge in [-0.15, -0.1) is 0 Å². The highest BCUT2D eigenvalue weighted by molar-refractivity contribution is 6.04. The lowest BCUT2D eigenvalue weighted by molar-refractivity contribution is 0.0730. The van der Waals surface area contributed by atoms with Crippen LogP contribution in [0.2, 0.25) is 0 Å².